The molecule has 0 saturated carbocycles. The molecule has 2 aliphatic rings. The maximum absolute atomic E-state index is 9.94. The molecule has 0 spiro atoms. The lowest BCUT2D eigenvalue weighted by molar-refractivity contribution is -0.355. The van der Waals surface area contributed by atoms with E-state index in [1.165, 1.54) is 0 Å². The summed E-state index contributed by atoms with van der Waals surface area (Å²) in [7, 11) is 0. The third kappa shape index (κ3) is 3.65. The van der Waals surface area contributed by atoms with Crippen molar-refractivity contribution in [1.82, 2.24) is 0 Å². The summed E-state index contributed by atoms with van der Waals surface area (Å²) in [4.78, 5) is 0. The molecule has 2 fully saturated rings. The smallest absolute Gasteiger partial charge is 0.187 e. The van der Waals surface area contributed by atoms with Crippen LogP contribution in [0.2, 0.25) is 0 Å². The first-order valence-corrected chi connectivity index (χ1v) is 7.08. The van der Waals surface area contributed by atoms with Crippen molar-refractivity contribution in [3.8, 4) is 0 Å². The third-order valence-electron chi connectivity index (χ3n) is 3.98. The fraction of sp³-hybridized carbons (Fsp3) is 1.00. The van der Waals surface area contributed by atoms with Crippen molar-refractivity contribution in [2.45, 2.75) is 61.4 Å². The van der Waals surface area contributed by atoms with Crippen LogP contribution in [-0.2, 0) is 14.2 Å². The minimum absolute atomic E-state index is 0.667. The van der Waals surface area contributed by atoms with Crippen LogP contribution in [0.3, 0.4) is 0 Å². The molecule has 0 aromatic carbocycles. The van der Waals surface area contributed by atoms with Gasteiger partial charge in [-0.15, -0.1) is 0 Å². The van der Waals surface area contributed by atoms with E-state index in [1.54, 1.807) is 0 Å². The second kappa shape index (κ2) is 7.63. The standard InChI is InChI=1S/C12H22O11/c13-1-3-5(15)6(16)9(19)12(22-3)23-10-4(2-14)21-11(20)8(18)7(10)17/h3-20H,1-2H2/t3-,4+,5-,6+,7+,8+,9-,10+,11+,12-/m1/s1. The highest BCUT2D eigenvalue weighted by molar-refractivity contribution is 4.93. The van der Waals surface area contributed by atoms with Crippen LogP contribution in [0.25, 0.3) is 0 Å². The molecule has 0 amide bonds. The SMILES string of the molecule is OC[C@@H]1O[C@H](O)[C@@H](O)[C@H](O)[C@H]1O[C@H]1O[C@H](CO)[C@@H](O)[C@H](O)[C@H]1O. The van der Waals surface area contributed by atoms with Gasteiger partial charge in [-0.05, 0) is 0 Å². The van der Waals surface area contributed by atoms with E-state index in [9.17, 15) is 35.7 Å². The fourth-order valence-corrected chi connectivity index (χ4v) is 2.57. The van der Waals surface area contributed by atoms with Gasteiger partial charge < -0.3 is 55.1 Å². The highest BCUT2D eigenvalue weighted by Gasteiger charge is 2.50. The number of aliphatic hydroxyl groups excluding tert-OH is 8. The summed E-state index contributed by atoms with van der Waals surface area (Å²) >= 11 is 0. The maximum atomic E-state index is 9.94. The zero-order valence-electron chi connectivity index (χ0n) is 12.0. The summed E-state index contributed by atoms with van der Waals surface area (Å²) in [6.07, 6.45) is -15.6. The van der Waals surface area contributed by atoms with Crippen LogP contribution in [0.1, 0.15) is 0 Å². The van der Waals surface area contributed by atoms with Crippen molar-refractivity contribution in [2.24, 2.45) is 0 Å². The van der Waals surface area contributed by atoms with Crippen molar-refractivity contribution in [1.29, 1.82) is 0 Å². The predicted octanol–water partition coefficient (Wildman–Crippen LogP) is -5.40. The lowest BCUT2D eigenvalue weighted by Crippen LogP contribution is -2.64. The second-order valence-electron chi connectivity index (χ2n) is 5.53. The summed E-state index contributed by atoms with van der Waals surface area (Å²) in [6.45, 7) is -1.35. The van der Waals surface area contributed by atoms with E-state index in [0.29, 0.717) is 0 Å². The molecular formula is C12H22O11. The summed E-state index contributed by atoms with van der Waals surface area (Å²) < 4.78 is 15.3. The van der Waals surface area contributed by atoms with E-state index in [2.05, 4.69) is 0 Å². The molecule has 0 aromatic rings. The molecule has 136 valence electrons. The highest BCUT2D eigenvalue weighted by Crippen LogP contribution is 2.28. The summed E-state index contributed by atoms with van der Waals surface area (Å²) in [5.74, 6) is 0. The van der Waals surface area contributed by atoms with Crippen molar-refractivity contribution < 1.29 is 55.1 Å². The van der Waals surface area contributed by atoms with Gasteiger partial charge in [-0.1, -0.05) is 0 Å². The number of ether oxygens (including phenoxy) is 3. The number of hydrogen-bond donors (Lipinski definition) is 8. The first-order valence-electron chi connectivity index (χ1n) is 7.08. The van der Waals surface area contributed by atoms with Gasteiger partial charge in [-0.3, -0.25) is 0 Å². The van der Waals surface area contributed by atoms with Crippen molar-refractivity contribution in [3.63, 3.8) is 0 Å². The second-order valence-corrected chi connectivity index (χ2v) is 5.53. The van der Waals surface area contributed by atoms with Gasteiger partial charge in [0.05, 0.1) is 13.2 Å². The number of aliphatic hydroxyl groups is 8. The molecule has 11 nitrogen and oxygen atoms in total. The molecule has 10 atom stereocenters. The monoisotopic (exact) mass is 342 g/mol. The molecule has 2 saturated heterocycles. The van der Waals surface area contributed by atoms with Crippen molar-refractivity contribution in [2.75, 3.05) is 13.2 Å². The molecule has 2 heterocycles. The van der Waals surface area contributed by atoms with Crippen LogP contribution in [-0.4, -0.2) is 115 Å². The highest BCUT2D eigenvalue weighted by atomic mass is 16.7. The molecule has 0 bridgehead atoms. The average molecular weight is 342 g/mol. The Hall–Kier alpha value is -0.440. The fourth-order valence-electron chi connectivity index (χ4n) is 2.57. The van der Waals surface area contributed by atoms with Crippen LogP contribution in [0.5, 0.6) is 0 Å². The Labute approximate surface area is 130 Å². The quantitative estimate of drug-likeness (QED) is 0.243. The summed E-state index contributed by atoms with van der Waals surface area (Å²) in [5.41, 5.74) is 0. The zero-order valence-corrected chi connectivity index (χ0v) is 12.0. The first kappa shape index (κ1) is 18.9. The van der Waals surface area contributed by atoms with Crippen LogP contribution >= 0.6 is 0 Å². The van der Waals surface area contributed by atoms with Gasteiger partial charge in [0, 0.05) is 0 Å². The minimum Gasteiger partial charge on any atom is -0.394 e. The minimum atomic E-state index is -1.74. The lowest BCUT2D eigenvalue weighted by Gasteiger charge is -2.45. The Balaban J connectivity index is 2.11. The molecule has 0 aliphatic carbocycles. The molecule has 8 N–H and O–H groups in total. The normalized spacial score (nSPS) is 51.7. The zero-order chi connectivity index (χ0) is 17.3. The summed E-state index contributed by atoms with van der Waals surface area (Å²) in [6, 6.07) is 0. The number of rotatable bonds is 4. The Morgan fingerprint density at radius 1 is 0.652 bits per heavy atom. The van der Waals surface area contributed by atoms with Crippen LogP contribution in [0.4, 0.5) is 0 Å². The van der Waals surface area contributed by atoms with Gasteiger partial charge in [0.2, 0.25) is 0 Å². The van der Waals surface area contributed by atoms with Gasteiger partial charge in [0.15, 0.2) is 12.6 Å². The van der Waals surface area contributed by atoms with E-state index < -0.39 is 74.6 Å². The van der Waals surface area contributed by atoms with Crippen molar-refractivity contribution >= 4 is 0 Å². The number of hydrogen-bond acceptors (Lipinski definition) is 11. The lowest BCUT2D eigenvalue weighted by atomic mass is 9.97. The molecule has 2 aliphatic heterocycles. The van der Waals surface area contributed by atoms with Gasteiger partial charge in [0.25, 0.3) is 0 Å². The van der Waals surface area contributed by atoms with E-state index in [1.807, 2.05) is 0 Å². The molecule has 0 aromatic heterocycles. The van der Waals surface area contributed by atoms with E-state index in [0.717, 1.165) is 0 Å². The molecular weight excluding hydrogens is 320 g/mol. The van der Waals surface area contributed by atoms with E-state index >= 15 is 0 Å². The van der Waals surface area contributed by atoms with Gasteiger partial charge >= 0.3 is 0 Å². The average Bonchev–Trinajstić information content (AvgIpc) is 2.55. The van der Waals surface area contributed by atoms with Crippen LogP contribution < -0.4 is 0 Å². The van der Waals surface area contributed by atoms with Gasteiger partial charge in [0.1, 0.15) is 48.8 Å². The largest absolute Gasteiger partial charge is 0.394 e. The van der Waals surface area contributed by atoms with E-state index in [-0.39, 0.29) is 0 Å². The predicted molar refractivity (Wildman–Crippen MR) is 68.6 cm³/mol. The topological polar surface area (TPSA) is 190 Å². The van der Waals surface area contributed by atoms with Gasteiger partial charge in [-0.25, -0.2) is 0 Å². The summed E-state index contributed by atoms with van der Waals surface area (Å²) in [5, 5.41) is 76.5. The van der Waals surface area contributed by atoms with Crippen LogP contribution in [0.15, 0.2) is 0 Å². The Bertz CT molecular complexity index is 378. The van der Waals surface area contributed by atoms with Gasteiger partial charge in [-0.2, -0.15) is 0 Å². The molecule has 0 unspecified atom stereocenters. The molecule has 0 radical (unpaired) electrons. The van der Waals surface area contributed by atoms with E-state index in [4.69, 9.17) is 19.3 Å². The Morgan fingerprint density at radius 3 is 1.83 bits per heavy atom. The van der Waals surface area contributed by atoms with Crippen molar-refractivity contribution in [3.05, 3.63) is 0 Å². The molecule has 23 heavy (non-hydrogen) atoms. The third-order valence-corrected chi connectivity index (χ3v) is 3.98. The van der Waals surface area contributed by atoms with Crippen LogP contribution in [0, 0.1) is 0 Å². The first-order chi connectivity index (χ1) is 10.8. The Morgan fingerprint density at radius 2 is 1.26 bits per heavy atom. The maximum Gasteiger partial charge on any atom is 0.187 e. The molecule has 2 rings (SSSR count). The molecule has 11 heteroatoms. The Kier molecular flexibility index (Phi) is 6.27.